The van der Waals surface area contributed by atoms with Crippen LogP contribution >= 0.6 is 11.8 Å². The van der Waals surface area contributed by atoms with E-state index in [1.807, 2.05) is 31.2 Å². The normalized spacial score (nSPS) is 27.3. The number of ether oxygens (including phenoxy) is 2. The van der Waals surface area contributed by atoms with E-state index in [0.717, 1.165) is 35.5 Å². The minimum atomic E-state index is -0.868. The minimum absolute atomic E-state index is 0.250. The molecule has 0 aromatic heterocycles. The lowest BCUT2D eigenvalue weighted by Crippen LogP contribution is -2.30. The van der Waals surface area contributed by atoms with Crippen molar-refractivity contribution in [3.05, 3.63) is 45.7 Å². The Morgan fingerprint density at radius 1 is 1.32 bits per heavy atom. The maximum Gasteiger partial charge on any atom is 0.342 e. The molecule has 5 heteroatoms. The summed E-state index contributed by atoms with van der Waals surface area (Å²) in [6.07, 6.45) is 4.54. The van der Waals surface area contributed by atoms with Gasteiger partial charge in [-0.25, -0.2) is 4.79 Å². The van der Waals surface area contributed by atoms with E-state index in [0.29, 0.717) is 17.3 Å². The largest absolute Gasteiger partial charge is 0.485 e. The van der Waals surface area contributed by atoms with Crippen molar-refractivity contribution in [3.63, 3.8) is 0 Å². The lowest BCUT2D eigenvalue weighted by Gasteiger charge is -2.28. The van der Waals surface area contributed by atoms with Crippen molar-refractivity contribution >= 4 is 17.7 Å². The summed E-state index contributed by atoms with van der Waals surface area (Å²) in [6, 6.07) is 7.55. The van der Waals surface area contributed by atoms with Crippen molar-refractivity contribution in [2.75, 3.05) is 6.61 Å². The molecule has 3 rings (SSSR count). The van der Waals surface area contributed by atoms with Gasteiger partial charge >= 0.3 is 5.97 Å². The van der Waals surface area contributed by atoms with Gasteiger partial charge in [-0.2, -0.15) is 0 Å². The van der Waals surface area contributed by atoms with Crippen LogP contribution in [0.3, 0.4) is 0 Å². The van der Waals surface area contributed by atoms with Crippen molar-refractivity contribution in [2.24, 2.45) is 0 Å². The Hall–Kier alpha value is -1.88. The molecule has 0 spiro atoms. The first-order valence-corrected chi connectivity index (χ1v) is 8.16. The molecule has 1 aromatic carbocycles. The third-order valence-corrected chi connectivity index (χ3v) is 5.12. The van der Waals surface area contributed by atoms with E-state index in [1.165, 1.54) is 11.8 Å². The van der Waals surface area contributed by atoms with Gasteiger partial charge in [0.2, 0.25) is 0 Å². The van der Waals surface area contributed by atoms with E-state index in [4.69, 9.17) is 9.47 Å². The highest BCUT2D eigenvalue weighted by molar-refractivity contribution is 8.07. The average Bonchev–Trinajstić information content (AvgIpc) is 2.51. The van der Waals surface area contributed by atoms with Crippen LogP contribution < -0.4 is 9.47 Å². The van der Waals surface area contributed by atoms with Crippen molar-refractivity contribution < 1.29 is 19.4 Å². The predicted octanol–water partition coefficient (Wildman–Crippen LogP) is 3.99. The summed E-state index contributed by atoms with van der Waals surface area (Å²) < 4.78 is 11.7. The van der Waals surface area contributed by atoms with Crippen LogP contribution in [0.2, 0.25) is 0 Å². The fourth-order valence-corrected chi connectivity index (χ4v) is 3.60. The molecule has 1 aromatic rings. The number of thioether (sulfide) groups is 1. The van der Waals surface area contributed by atoms with E-state index in [1.54, 1.807) is 0 Å². The monoisotopic (exact) mass is 318 g/mol. The topological polar surface area (TPSA) is 55.8 Å². The van der Waals surface area contributed by atoms with Gasteiger partial charge in [0.15, 0.2) is 17.6 Å². The molecule has 2 aliphatic heterocycles. The summed E-state index contributed by atoms with van der Waals surface area (Å²) in [7, 11) is 0. The molecule has 0 saturated heterocycles. The quantitative estimate of drug-likeness (QED) is 0.893. The molecule has 2 aliphatic rings. The third kappa shape index (κ3) is 3.14. The zero-order valence-corrected chi connectivity index (χ0v) is 13.2. The molecule has 0 radical (unpaired) electrons. The van der Waals surface area contributed by atoms with Gasteiger partial charge in [-0.1, -0.05) is 35.5 Å². The number of benzene rings is 1. The van der Waals surface area contributed by atoms with Gasteiger partial charge in [-0.3, -0.25) is 0 Å². The molecule has 1 atom stereocenters. The summed E-state index contributed by atoms with van der Waals surface area (Å²) in [6.45, 7) is 2.30. The fourth-order valence-electron chi connectivity index (χ4n) is 2.55. The second-order valence-corrected chi connectivity index (χ2v) is 6.46. The number of hydrogen-bond acceptors (Lipinski definition) is 4. The molecule has 4 nitrogen and oxygen atoms in total. The van der Waals surface area contributed by atoms with E-state index in [2.05, 4.69) is 6.08 Å². The Bertz CT molecular complexity index is 648. The Morgan fingerprint density at radius 2 is 2.09 bits per heavy atom. The van der Waals surface area contributed by atoms with E-state index >= 15 is 0 Å². The molecular formula is C17H18O4S. The number of rotatable bonds is 2. The lowest BCUT2D eigenvalue weighted by molar-refractivity contribution is -0.131. The number of aliphatic carboxylic acids is 1. The smallest absolute Gasteiger partial charge is 0.342 e. The van der Waals surface area contributed by atoms with Crippen LogP contribution in [0.4, 0.5) is 0 Å². The highest BCUT2D eigenvalue weighted by atomic mass is 32.2. The molecule has 1 N–H and O–H groups in total. The number of para-hydroxylation sites is 2. The van der Waals surface area contributed by atoms with Crippen molar-refractivity contribution in [1.29, 1.82) is 0 Å². The fraction of sp³-hybridized carbons (Fsp3) is 0.353. The molecule has 0 bridgehead atoms. The average molecular weight is 318 g/mol. The SMILES string of the molecule is C/C1=C(\C(=O)O)S/C(C2COc3ccccc3O2)=C/CCC1. The molecule has 0 amide bonds. The van der Waals surface area contributed by atoms with Crippen LogP contribution in [0.1, 0.15) is 26.2 Å². The van der Waals surface area contributed by atoms with Crippen molar-refractivity contribution in [2.45, 2.75) is 32.3 Å². The Balaban J connectivity index is 1.83. The molecular weight excluding hydrogens is 300 g/mol. The summed E-state index contributed by atoms with van der Waals surface area (Å²) in [5, 5.41) is 9.42. The summed E-state index contributed by atoms with van der Waals surface area (Å²) in [5.41, 5.74) is 0.931. The molecule has 22 heavy (non-hydrogen) atoms. The lowest BCUT2D eigenvalue weighted by atomic mass is 10.1. The number of fused-ring (bicyclic) bond motifs is 1. The first kappa shape index (κ1) is 15.0. The highest BCUT2D eigenvalue weighted by Crippen LogP contribution is 2.39. The predicted molar refractivity (Wildman–Crippen MR) is 86.2 cm³/mol. The molecule has 1 unspecified atom stereocenters. The zero-order valence-electron chi connectivity index (χ0n) is 12.4. The standard InChI is InChI=1S/C17H18O4S/c1-11-6-2-5-9-15(22-16(11)17(18)19)14-10-20-12-7-3-4-8-13(12)21-14/h3-4,7-9,14H,2,5-6,10H2,1H3,(H,18,19)/b15-9+,16-11-. The highest BCUT2D eigenvalue weighted by Gasteiger charge is 2.27. The molecule has 0 fully saturated rings. The first-order chi connectivity index (χ1) is 10.6. The minimum Gasteiger partial charge on any atom is -0.485 e. The van der Waals surface area contributed by atoms with Crippen LogP contribution in [0.15, 0.2) is 45.7 Å². The Morgan fingerprint density at radius 3 is 2.86 bits per heavy atom. The van der Waals surface area contributed by atoms with Gasteiger partial charge in [0, 0.05) is 4.91 Å². The van der Waals surface area contributed by atoms with Gasteiger partial charge in [-0.15, -0.1) is 0 Å². The maximum absolute atomic E-state index is 11.5. The number of hydrogen-bond donors (Lipinski definition) is 1. The Kier molecular flexibility index (Phi) is 4.43. The summed E-state index contributed by atoms with van der Waals surface area (Å²) >= 11 is 1.30. The zero-order chi connectivity index (χ0) is 15.5. The number of carboxylic acid groups (broad SMARTS) is 1. The van der Waals surface area contributed by atoms with Gasteiger partial charge in [0.05, 0.1) is 4.91 Å². The molecule has 2 heterocycles. The Labute approximate surface area is 133 Å². The van der Waals surface area contributed by atoms with E-state index in [-0.39, 0.29) is 6.10 Å². The van der Waals surface area contributed by atoms with Crippen LogP contribution in [-0.2, 0) is 4.79 Å². The van der Waals surface area contributed by atoms with Gasteiger partial charge in [-0.05, 0) is 38.3 Å². The first-order valence-electron chi connectivity index (χ1n) is 7.34. The third-order valence-electron chi connectivity index (χ3n) is 3.73. The maximum atomic E-state index is 11.5. The van der Waals surface area contributed by atoms with Crippen LogP contribution in [0.25, 0.3) is 0 Å². The van der Waals surface area contributed by atoms with Crippen LogP contribution in [-0.4, -0.2) is 23.8 Å². The second kappa shape index (κ2) is 6.48. The van der Waals surface area contributed by atoms with Crippen LogP contribution in [0, 0.1) is 0 Å². The van der Waals surface area contributed by atoms with E-state index in [9.17, 15) is 9.90 Å². The number of allylic oxidation sites excluding steroid dienone is 2. The van der Waals surface area contributed by atoms with Crippen molar-refractivity contribution in [3.8, 4) is 11.5 Å². The van der Waals surface area contributed by atoms with Crippen LogP contribution in [0.5, 0.6) is 11.5 Å². The molecule has 0 saturated carbocycles. The number of carbonyl (C=O) groups is 1. The second-order valence-electron chi connectivity index (χ2n) is 5.38. The molecule has 0 aliphatic carbocycles. The number of carboxylic acids is 1. The van der Waals surface area contributed by atoms with Gasteiger partial charge < -0.3 is 14.6 Å². The van der Waals surface area contributed by atoms with Gasteiger partial charge in [0.25, 0.3) is 0 Å². The summed E-state index contributed by atoms with van der Waals surface area (Å²) in [5.74, 6) is 0.577. The van der Waals surface area contributed by atoms with Crippen molar-refractivity contribution in [1.82, 2.24) is 0 Å². The van der Waals surface area contributed by atoms with Gasteiger partial charge in [0.1, 0.15) is 6.61 Å². The molecule has 116 valence electrons. The van der Waals surface area contributed by atoms with E-state index < -0.39 is 5.97 Å². The summed E-state index contributed by atoms with van der Waals surface area (Å²) in [4.78, 5) is 12.8.